The van der Waals surface area contributed by atoms with E-state index in [0.717, 1.165) is 6.07 Å². The van der Waals surface area contributed by atoms with Gasteiger partial charge in [0.1, 0.15) is 0 Å². The lowest BCUT2D eigenvalue weighted by atomic mass is 10.2. The maximum atomic E-state index is 13.5. The van der Waals surface area contributed by atoms with Crippen molar-refractivity contribution in [2.24, 2.45) is 0 Å². The molecule has 0 fully saturated rings. The molecule has 0 aromatic heterocycles. The fourth-order valence-corrected chi connectivity index (χ4v) is 1.62. The topological polar surface area (TPSA) is 90.9 Å². The number of rotatable bonds is 8. The molecule has 1 amide bonds. The van der Waals surface area contributed by atoms with Gasteiger partial charge in [-0.25, -0.2) is 9.18 Å². The van der Waals surface area contributed by atoms with E-state index in [-0.39, 0.29) is 30.2 Å². The molecule has 1 rings (SSSR count). The van der Waals surface area contributed by atoms with Gasteiger partial charge in [0.2, 0.25) is 0 Å². The number of methoxy groups -OCH3 is 2. The van der Waals surface area contributed by atoms with E-state index in [1.54, 1.807) is 0 Å². The molecule has 1 N–H and O–H groups in total. The summed E-state index contributed by atoms with van der Waals surface area (Å²) in [6, 6.07) is 3.59. The number of ether oxygens (including phenoxy) is 3. The average Bonchev–Trinajstić information content (AvgIpc) is 2.56. The first-order valence-electron chi connectivity index (χ1n) is 6.82. The van der Waals surface area contributed by atoms with E-state index in [0.29, 0.717) is 6.42 Å². The number of nitrogens with one attached hydrogen (secondary N) is 1. The second kappa shape index (κ2) is 9.39. The van der Waals surface area contributed by atoms with Crippen LogP contribution < -0.4 is 10.1 Å². The number of esters is 2. The van der Waals surface area contributed by atoms with E-state index in [1.165, 1.54) is 26.4 Å². The van der Waals surface area contributed by atoms with Gasteiger partial charge in [-0.15, -0.1) is 0 Å². The van der Waals surface area contributed by atoms with Gasteiger partial charge in [0.25, 0.3) is 5.91 Å². The van der Waals surface area contributed by atoms with Crippen LogP contribution in [0, 0.1) is 5.82 Å². The number of benzene rings is 1. The van der Waals surface area contributed by atoms with E-state index in [2.05, 4.69) is 10.1 Å². The maximum absolute atomic E-state index is 13.5. The number of hydrogen-bond donors (Lipinski definition) is 1. The van der Waals surface area contributed by atoms with Crippen molar-refractivity contribution in [1.29, 1.82) is 0 Å². The van der Waals surface area contributed by atoms with E-state index in [1.807, 2.05) is 0 Å². The summed E-state index contributed by atoms with van der Waals surface area (Å²) < 4.78 is 27.4. The lowest BCUT2D eigenvalue weighted by molar-refractivity contribution is -0.140. The molecule has 0 unspecified atom stereocenters. The molecular weight excluding hydrogens is 309 g/mol. The zero-order valence-corrected chi connectivity index (χ0v) is 12.9. The van der Waals surface area contributed by atoms with Crippen molar-refractivity contribution >= 4 is 17.8 Å². The minimum absolute atomic E-state index is 0.00454. The molecule has 0 saturated heterocycles. The number of halogens is 1. The Hall–Kier alpha value is -2.64. The molecule has 1 aromatic carbocycles. The van der Waals surface area contributed by atoms with Crippen molar-refractivity contribution in [2.45, 2.75) is 12.8 Å². The summed E-state index contributed by atoms with van der Waals surface area (Å²) >= 11 is 0. The molecule has 0 aliphatic rings. The minimum Gasteiger partial charge on any atom is -0.494 e. The van der Waals surface area contributed by atoms with Crippen LogP contribution in [0.1, 0.15) is 23.2 Å². The van der Waals surface area contributed by atoms with E-state index >= 15 is 0 Å². The summed E-state index contributed by atoms with van der Waals surface area (Å²) in [5.74, 6) is -2.40. The third-order valence-electron chi connectivity index (χ3n) is 2.83. The molecular formula is C15H18FNO6. The van der Waals surface area contributed by atoms with Crippen LogP contribution in [0.2, 0.25) is 0 Å². The molecule has 0 bridgehead atoms. The first kappa shape index (κ1) is 18.4. The quantitative estimate of drug-likeness (QED) is 0.567. The fourth-order valence-electron chi connectivity index (χ4n) is 1.62. The second-order valence-electron chi connectivity index (χ2n) is 4.46. The average molecular weight is 327 g/mol. The van der Waals surface area contributed by atoms with Crippen LogP contribution in [0.25, 0.3) is 0 Å². The van der Waals surface area contributed by atoms with Gasteiger partial charge >= 0.3 is 11.9 Å². The van der Waals surface area contributed by atoms with Crippen molar-refractivity contribution < 1.29 is 33.0 Å². The number of hydrogen-bond acceptors (Lipinski definition) is 6. The third-order valence-corrected chi connectivity index (χ3v) is 2.83. The Morgan fingerprint density at radius 3 is 2.57 bits per heavy atom. The van der Waals surface area contributed by atoms with Gasteiger partial charge in [-0.1, -0.05) is 0 Å². The Kier molecular flexibility index (Phi) is 7.52. The Morgan fingerprint density at radius 2 is 1.96 bits per heavy atom. The lowest BCUT2D eigenvalue weighted by Crippen LogP contribution is -2.30. The number of carbonyl (C=O) groups excluding carboxylic acids is 3. The predicted molar refractivity (Wildman–Crippen MR) is 77.5 cm³/mol. The Morgan fingerprint density at radius 1 is 1.22 bits per heavy atom. The van der Waals surface area contributed by atoms with Crippen molar-refractivity contribution in [3.05, 3.63) is 29.6 Å². The van der Waals surface area contributed by atoms with E-state index < -0.39 is 24.3 Å². The summed E-state index contributed by atoms with van der Waals surface area (Å²) in [4.78, 5) is 34.0. The summed E-state index contributed by atoms with van der Waals surface area (Å²) in [6.07, 6.45) is 0.595. The van der Waals surface area contributed by atoms with Crippen LogP contribution in [-0.2, 0) is 19.1 Å². The van der Waals surface area contributed by atoms with E-state index in [9.17, 15) is 18.8 Å². The van der Waals surface area contributed by atoms with Crippen molar-refractivity contribution in [3.63, 3.8) is 0 Å². The molecule has 0 atom stereocenters. The molecule has 1 aromatic rings. The van der Waals surface area contributed by atoms with Crippen molar-refractivity contribution in [3.8, 4) is 5.75 Å². The van der Waals surface area contributed by atoms with Gasteiger partial charge in [0.05, 0.1) is 19.8 Å². The van der Waals surface area contributed by atoms with Gasteiger partial charge in [-0.05, 0) is 24.6 Å². The highest BCUT2D eigenvalue weighted by atomic mass is 19.1. The first-order chi connectivity index (χ1) is 11.0. The van der Waals surface area contributed by atoms with E-state index in [4.69, 9.17) is 9.47 Å². The van der Waals surface area contributed by atoms with Gasteiger partial charge in [0.15, 0.2) is 18.2 Å². The normalized spacial score (nSPS) is 9.87. The van der Waals surface area contributed by atoms with Gasteiger partial charge in [-0.2, -0.15) is 0 Å². The highest BCUT2D eigenvalue weighted by Crippen LogP contribution is 2.18. The molecule has 8 heteroatoms. The standard InChI is InChI=1S/C15H18FNO6/c1-21-12-6-5-10(8-11(12)16)15(20)23-9-13(18)17-7-3-4-14(19)22-2/h5-6,8H,3-4,7,9H2,1-2H3,(H,17,18). The lowest BCUT2D eigenvalue weighted by Gasteiger charge is -2.07. The predicted octanol–water partition coefficient (Wildman–Crippen LogP) is 1.06. The molecule has 7 nitrogen and oxygen atoms in total. The highest BCUT2D eigenvalue weighted by Gasteiger charge is 2.13. The SMILES string of the molecule is COC(=O)CCCNC(=O)COC(=O)c1ccc(OC)c(F)c1. The molecule has 0 radical (unpaired) electrons. The molecule has 23 heavy (non-hydrogen) atoms. The number of carbonyl (C=O) groups is 3. The molecule has 0 heterocycles. The molecule has 0 aliphatic carbocycles. The van der Waals surface area contributed by atoms with Crippen LogP contribution in [0.3, 0.4) is 0 Å². The highest BCUT2D eigenvalue weighted by molar-refractivity contribution is 5.91. The van der Waals surface area contributed by atoms with Crippen LogP contribution in [-0.4, -0.2) is 45.2 Å². The molecule has 0 spiro atoms. The zero-order valence-electron chi connectivity index (χ0n) is 12.9. The largest absolute Gasteiger partial charge is 0.494 e. The third kappa shape index (κ3) is 6.33. The summed E-state index contributed by atoms with van der Waals surface area (Å²) in [6.45, 7) is -0.243. The molecule has 0 saturated carbocycles. The van der Waals surface area contributed by atoms with Crippen molar-refractivity contribution in [2.75, 3.05) is 27.4 Å². The fraction of sp³-hybridized carbons (Fsp3) is 0.400. The first-order valence-corrected chi connectivity index (χ1v) is 6.82. The summed E-state index contributed by atoms with van der Waals surface area (Å²) in [5, 5.41) is 2.48. The maximum Gasteiger partial charge on any atom is 0.338 e. The second-order valence-corrected chi connectivity index (χ2v) is 4.46. The molecule has 126 valence electrons. The summed E-state index contributed by atoms with van der Waals surface area (Å²) in [5.41, 5.74) is -0.0261. The Balaban J connectivity index is 2.34. The smallest absolute Gasteiger partial charge is 0.338 e. The van der Waals surface area contributed by atoms with Gasteiger partial charge in [0, 0.05) is 13.0 Å². The van der Waals surface area contributed by atoms with Crippen LogP contribution in [0.5, 0.6) is 5.75 Å². The van der Waals surface area contributed by atoms with Crippen molar-refractivity contribution in [1.82, 2.24) is 5.32 Å². The molecule has 0 aliphatic heterocycles. The van der Waals surface area contributed by atoms with Gasteiger partial charge in [-0.3, -0.25) is 9.59 Å². The van der Waals surface area contributed by atoms with Crippen LogP contribution in [0.15, 0.2) is 18.2 Å². The summed E-state index contributed by atoms with van der Waals surface area (Å²) in [7, 11) is 2.59. The monoisotopic (exact) mass is 327 g/mol. The Labute approximate surface area is 132 Å². The van der Waals surface area contributed by atoms with Crippen LogP contribution in [0.4, 0.5) is 4.39 Å². The van der Waals surface area contributed by atoms with Gasteiger partial charge < -0.3 is 19.5 Å². The zero-order chi connectivity index (χ0) is 17.2. The minimum atomic E-state index is -0.823. The Bertz CT molecular complexity index is 575. The van der Waals surface area contributed by atoms with Crippen LogP contribution >= 0.6 is 0 Å². The number of amides is 1.